The molecule has 2 aromatic carbocycles. The lowest BCUT2D eigenvalue weighted by Gasteiger charge is -2.19. The molecule has 0 fully saturated rings. The minimum atomic E-state index is 0. The molecule has 0 atom stereocenters. The highest BCUT2D eigenvalue weighted by Crippen LogP contribution is 2.27. The van der Waals surface area contributed by atoms with E-state index < -0.39 is 0 Å². The molecule has 4 nitrogen and oxygen atoms in total. The van der Waals surface area contributed by atoms with Gasteiger partial charge in [-0.2, -0.15) is 0 Å². The van der Waals surface area contributed by atoms with Crippen molar-refractivity contribution in [1.82, 2.24) is 5.32 Å². The van der Waals surface area contributed by atoms with Gasteiger partial charge in [-0.25, -0.2) is 0 Å². The Hall–Kier alpha value is -1.91. The molecule has 1 aliphatic rings. The number of nitrogen functional groups attached to an aromatic ring is 1. The third-order valence-electron chi connectivity index (χ3n) is 4.59. The minimum Gasteiger partial charge on any atom is -0.399 e. The van der Waals surface area contributed by atoms with E-state index in [-0.39, 0.29) is 30.7 Å². The fraction of sp³-hybridized carbons (Fsp3) is 0.350. The first-order valence-electron chi connectivity index (χ1n) is 8.67. The number of hydrogen-bond donors (Lipinski definition) is 2. The van der Waals surface area contributed by atoms with Crippen LogP contribution in [-0.4, -0.2) is 25.5 Å². The molecule has 0 bridgehead atoms. The lowest BCUT2D eigenvalue weighted by molar-refractivity contribution is -0.121. The van der Waals surface area contributed by atoms with Gasteiger partial charge in [0.15, 0.2) is 0 Å². The molecular weight excluding hydrogens is 369 g/mol. The van der Waals surface area contributed by atoms with E-state index in [1.165, 1.54) is 11.3 Å². The summed E-state index contributed by atoms with van der Waals surface area (Å²) >= 11 is 0. The molecule has 3 rings (SSSR count). The van der Waals surface area contributed by atoms with Crippen molar-refractivity contribution >= 4 is 42.1 Å². The van der Waals surface area contributed by atoms with E-state index in [2.05, 4.69) is 34.5 Å². The first-order valence-corrected chi connectivity index (χ1v) is 8.67. The molecule has 3 N–H and O–H groups in total. The van der Waals surface area contributed by atoms with Crippen molar-refractivity contribution in [3.05, 3.63) is 59.7 Å². The second kappa shape index (κ2) is 10.9. The van der Waals surface area contributed by atoms with E-state index in [0.717, 1.165) is 43.7 Å². The van der Waals surface area contributed by atoms with Crippen LogP contribution in [0.1, 0.15) is 24.0 Å². The maximum atomic E-state index is 12.0. The predicted octanol–water partition coefficient (Wildman–Crippen LogP) is 3.61. The van der Waals surface area contributed by atoms with Crippen LogP contribution in [0.4, 0.5) is 11.4 Å². The molecule has 1 aliphatic heterocycles. The van der Waals surface area contributed by atoms with Gasteiger partial charge in [0.1, 0.15) is 0 Å². The zero-order valence-electron chi connectivity index (χ0n) is 14.8. The fourth-order valence-corrected chi connectivity index (χ4v) is 3.24. The number of benzene rings is 2. The molecule has 0 saturated heterocycles. The van der Waals surface area contributed by atoms with Crippen LogP contribution in [-0.2, 0) is 17.6 Å². The van der Waals surface area contributed by atoms with Gasteiger partial charge in [-0.15, -0.1) is 24.8 Å². The molecule has 0 saturated carbocycles. The highest BCUT2D eigenvalue weighted by Gasteiger charge is 2.17. The summed E-state index contributed by atoms with van der Waals surface area (Å²) < 4.78 is 0. The summed E-state index contributed by atoms with van der Waals surface area (Å²) in [6.07, 6.45) is 3.27. The molecule has 26 heavy (non-hydrogen) atoms. The van der Waals surface area contributed by atoms with Crippen molar-refractivity contribution in [2.24, 2.45) is 0 Å². The molecule has 2 aromatic rings. The second-order valence-corrected chi connectivity index (χ2v) is 6.27. The number of nitrogens with one attached hydrogen (secondary N) is 1. The zero-order chi connectivity index (χ0) is 16.8. The van der Waals surface area contributed by atoms with Crippen molar-refractivity contribution in [1.29, 1.82) is 0 Å². The third kappa shape index (κ3) is 5.82. The number of amides is 1. The van der Waals surface area contributed by atoms with Crippen LogP contribution in [0.5, 0.6) is 0 Å². The molecular formula is C20H27Cl2N3O. The highest BCUT2D eigenvalue weighted by molar-refractivity contribution is 5.85. The molecule has 142 valence electrons. The van der Waals surface area contributed by atoms with Crippen LogP contribution in [0, 0.1) is 0 Å². The van der Waals surface area contributed by atoms with Crippen LogP contribution in [0.25, 0.3) is 0 Å². The maximum Gasteiger partial charge on any atom is 0.220 e. The maximum absolute atomic E-state index is 12.0. The number of rotatable bonds is 7. The Morgan fingerprint density at radius 1 is 1.08 bits per heavy atom. The van der Waals surface area contributed by atoms with Crippen molar-refractivity contribution in [3.8, 4) is 0 Å². The highest BCUT2D eigenvalue weighted by atomic mass is 35.5. The quantitative estimate of drug-likeness (QED) is 0.555. The summed E-state index contributed by atoms with van der Waals surface area (Å²) in [5.41, 5.74) is 10.5. The van der Waals surface area contributed by atoms with Crippen LogP contribution >= 0.6 is 24.8 Å². The topological polar surface area (TPSA) is 58.4 Å². The SMILES string of the molecule is Cl.Cl.Nc1ccccc1CCC(=O)NCCCN1CCc2ccccc21. The zero-order valence-corrected chi connectivity index (χ0v) is 16.5. The lowest BCUT2D eigenvalue weighted by atomic mass is 10.1. The summed E-state index contributed by atoms with van der Waals surface area (Å²) in [6.45, 7) is 2.80. The van der Waals surface area contributed by atoms with Gasteiger partial charge >= 0.3 is 0 Å². The van der Waals surface area contributed by atoms with Gasteiger partial charge in [0.25, 0.3) is 0 Å². The van der Waals surface area contributed by atoms with Gasteiger partial charge < -0.3 is 16.0 Å². The Kier molecular flexibility index (Phi) is 9.31. The number of carbonyl (C=O) groups excluding carboxylic acids is 1. The average molecular weight is 396 g/mol. The van der Waals surface area contributed by atoms with E-state index in [9.17, 15) is 4.79 Å². The first kappa shape index (κ1) is 22.1. The van der Waals surface area contributed by atoms with Crippen LogP contribution in [0.15, 0.2) is 48.5 Å². The smallest absolute Gasteiger partial charge is 0.220 e. The second-order valence-electron chi connectivity index (χ2n) is 6.27. The van der Waals surface area contributed by atoms with E-state index in [0.29, 0.717) is 12.8 Å². The number of fused-ring (bicyclic) bond motifs is 1. The molecule has 0 unspecified atom stereocenters. The van der Waals surface area contributed by atoms with Crippen molar-refractivity contribution in [2.75, 3.05) is 30.3 Å². The Labute approximate surface area is 168 Å². The van der Waals surface area contributed by atoms with Gasteiger partial charge in [-0.3, -0.25) is 4.79 Å². The summed E-state index contributed by atoms with van der Waals surface area (Å²) in [6, 6.07) is 16.3. The number of nitrogens with two attached hydrogens (primary N) is 1. The van der Waals surface area contributed by atoms with E-state index in [1.54, 1.807) is 0 Å². The summed E-state index contributed by atoms with van der Waals surface area (Å²) in [4.78, 5) is 14.4. The third-order valence-corrected chi connectivity index (χ3v) is 4.59. The number of para-hydroxylation sites is 2. The number of carbonyl (C=O) groups is 1. The molecule has 0 radical (unpaired) electrons. The van der Waals surface area contributed by atoms with Gasteiger partial charge in [-0.05, 0) is 42.5 Å². The van der Waals surface area contributed by atoms with E-state index in [4.69, 9.17) is 5.73 Å². The Morgan fingerprint density at radius 3 is 2.62 bits per heavy atom. The van der Waals surface area contributed by atoms with Gasteiger partial charge in [0.05, 0.1) is 0 Å². The van der Waals surface area contributed by atoms with Crippen molar-refractivity contribution < 1.29 is 4.79 Å². The van der Waals surface area contributed by atoms with E-state index in [1.807, 2.05) is 24.3 Å². The van der Waals surface area contributed by atoms with Crippen LogP contribution in [0.2, 0.25) is 0 Å². The fourth-order valence-electron chi connectivity index (χ4n) is 3.24. The van der Waals surface area contributed by atoms with Crippen molar-refractivity contribution in [3.63, 3.8) is 0 Å². The lowest BCUT2D eigenvalue weighted by Crippen LogP contribution is -2.29. The molecule has 0 aromatic heterocycles. The largest absolute Gasteiger partial charge is 0.399 e. The molecule has 1 amide bonds. The van der Waals surface area contributed by atoms with Crippen LogP contribution < -0.4 is 16.0 Å². The van der Waals surface area contributed by atoms with Crippen LogP contribution in [0.3, 0.4) is 0 Å². The number of anilines is 2. The number of nitrogens with zero attached hydrogens (tertiary/aromatic N) is 1. The number of hydrogen-bond acceptors (Lipinski definition) is 3. The van der Waals surface area contributed by atoms with E-state index >= 15 is 0 Å². The molecule has 0 aliphatic carbocycles. The Bertz CT molecular complexity index is 709. The normalized spacial score (nSPS) is 11.9. The number of aryl methyl sites for hydroxylation is 1. The molecule has 1 heterocycles. The van der Waals surface area contributed by atoms with Crippen molar-refractivity contribution in [2.45, 2.75) is 25.7 Å². The standard InChI is InChI=1S/C20H25N3O.2ClH/c21-18-8-3-1-6-16(18)10-11-20(24)22-13-5-14-23-15-12-17-7-2-4-9-19(17)23;;/h1-4,6-9H,5,10-15,21H2,(H,22,24);2*1H. The summed E-state index contributed by atoms with van der Waals surface area (Å²) in [5.74, 6) is 0.0973. The minimum absolute atomic E-state index is 0. The van der Waals surface area contributed by atoms with Gasteiger partial charge in [0.2, 0.25) is 5.91 Å². The predicted molar refractivity (Wildman–Crippen MR) is 114 cm³/mol. The monoisotopic (exact) mass is 395 g/mol. The molecule has 6 heteroatoms. The first-order chi connectivity index (χ1) is 11.7. The summed E-state index contributed by atoms with van der Waals surface area (Å²) in [7, 11) is 0. The summed E-state index contributed by atoms with van der Waals surface area (Å²) in [5, 5.41) is 3.01. The average Bonchev–Trinajstić information content (AvgIpc) is 3.01. The number of halogens is 2. The van der Waals surface area contributed by atoms with Gasteiger partial charge in [0, 0.05) is 37.4 Å². The molecule has 0 spiro atoms. The Balaban J connectivity index is 0.00000169. The Morgan fingerprint density at radius 2 is 1.81 bits per heavy atom. The van der Waals surface area contributed by atoms with Gasteiger partial charge in [-0.1, -0.05) is 36.4 Å².